The Hall–Kier alpha value is -4.13. The van der Waals surface area contributed by atoms with Crippen LogP contribution >= 0.6 is 39.7 Å². The Morgan fingerprint density at radius 2 is 1.91 bits per heavy atom. The smallest absolute Gasteiger partial charge is 0.338 e. The molecule has 44 heavy (non-hydrogen) atoms. The number of nitrogens with one attached hydrogen (secondary N) is 3. The zero-order valence-electron chi connectivity index (χ0n) is 24.1. The molecule has 1 atom stereocenters. The van der Waals surface area contributed by atoms with Crippen molar-refractivity contribution in [3.05, 3.63) is 98.1 Å². The zero-order valence-corrected chi connectivity index (χ0v) is 27.3. The summed E-state index contributed by atoms with van der Waals surface area (Å²) in [7, 11) is 1.53. The lowest BCUT2D eigenvalue weighted by Crippen LogP contribution is -2.45. The van der Waals surface area contributed by atoms with Crippen molar-refractivity contribution in [3.63, 3.8) is 0 Å². The van der Waals surface area contributed by atoms with Crippen LogP contribution in [-0.4, -0.2) is 43.5 Å². The van der Waals surface area contributed by atoms with Gasteiger partial charge in [-0.1, -0.05) is 57.9 Å². The molecule has 0 fully saturated rings. The summed E-state index contributed by atoms with van der Waals surface area (Å²) in [5, 5.41) is 11.1. The first-order valence-electron chi connectivity index (χ1n) is 13.4. The number of amides is 1. The molecule has 230 valence electrons. The van der Waals surface area contributed by atoms with Crippen molar-refractivity contribution in [2.45, 2.75) is 26.5 Å². The lowest BCUT2D eigenvalue weighted by Gasteiger charge is -2.30. The van der Waals surface area contributed by atoms with Crippen molar-refractivity contribution in [1.29, 1.82) is 0 Å². The number of allylic oxidation sites excluding steroid dienone is 1. The second-order valence-corrected chi connectivity index (χ2v) is 11.1. The number of rotatable bonds is 12. The van der Waals surface area contributed by atoms with Gasteiger partial charge in [0.2, 0.25) is 0 Å². The van der Waals surface area contributed by atoms with E-state index in [1.54, 1.807) is 56.3 Å². The molecular weight excluding hydrogens is 672 g/mol. The Kier molecular flexibility index (Phi) is 11.6. The van der Waals surface area contributed by atoms with Crippen molar-refractivity contribution in [3.8, 4) is 17.2 Å². The molecule has 4 rings (SSSR count). The molecule has 1 amide bonds. The number of methoxy groups -OCH3 is 1. The quantitative estimate of drug-likeness (QED) is 0.0964. The Labute approximate surface area is 273 Å². The van der Waals surface area contributed by atoms with Crippen molar-refractivity contribution in [2.75, 3.05) is 20.3 Å². The van der Waals surface area contributed by atoms with E-state index in [-0.39, 0.29) is 19.8 Å². The number of hydrogen-bond acceptors (Lipinski definition) is 8. The molecule has 1 aliphatic rings. The van der Waals surface area contributed by atoms with Gasteiger partial charge in [-0.3, -0.25) is 4.79 Å². The van der Waals surface area contributed by atoms with E-state index in [1.165, 1.54) is 13.3 Å². The van der Waals surface area contributed by atoms with Crippen molar-refractivity contribution >= 4 is 63.0 Å². The molecule has 3 N–H and O–H groups in total. The Morgan fingerprint density at radius 3 is 2.66 bits per heavy atom. The van der Waals surface area contributed by atoms with Crippen LogP contribution in [0, 0.1) is 0 Å². The number of thiocarbonyl (C=S) groups is 1. The molecular formula is C31H30BrClN4O6S. The van der Waals surface area contributed by atoms with Crippen LogP contribution in [-0.2, 0) is 20.9 Å². The standard InChI is InChI=1S/C31H30BrClN4O6S/c1-4-41-30(39)27-18(2)35-31(44)36-28(27)23-10-5-6-11-24(23)42-17-26(38)37-34-15-20-13-21(32)14-25(40-3)29(20)43-16-19-8-7-9-22(33)12-19/h5-15,28H,4,16-17H2,1-3H3,(H,37,38)(H2,35,36,44)/t28-/m0/s1. The predicted molar refractivity (Wildman–Crippen MR) is 175 cm³/mol. The fourth-order valence-electron chi connectivity index (χ4n) is 4.38. The zero-order chi connectivity index (χ0) is 31.6. The maximum absolute atomic E-state index is 12.8. The van der Waals surface area contributed by atoms with Crippen LogP contribution in [0.4, 0.5) is 0 Å². The van der Waals surface area contributed by atoms with Gasteiger partial charge in [0.05, 0.1) is 31.5 Å². The molecule has 0 bridgehead atoms. The molecule has 13 heteroatoms. The number of hydrazone groups is 1. The van der Waals surface area contributed by atoms with Gasteiger partial charge < -0.3 is 29.6 Å². The maximum Gasteiger partial charge on any atom is 0.338 e. The van der Waals surface area contributed by atoms with E-state index in [9.17, 15) is 9.59 Å². The molecule has 0 saturated carbocycles. The van der Waals surface area contributed by atoms with Crippen LogP contribution in [0.15, 0.2) is 81.5 Å². The predicted octanol–water partition coefficient (Wildman–Crippen LogP) is 5.58. The molecule has 0 aromatic heterocycles. The molecule has 1 heterocycles. The topological polar surface area (TPSA) is 120 Å². The highest BCUT2D eigenvalue weighted by molar-refractivity contribution is 9.10. The summed E-state index contributed by atoms with van der Waals surface area (Å²) in [4.78, 5) is 25.5. The van der Waals surface area contributed by atoms with Gasteiger partial charge >= 0.3 is 5.97 Å². The third kappa shape index (κ3) is 8.49. The normalized spacial score (nSPS) is 14.5. The fraction of sp³-hybridized carbons (Fsp3) is 0.226. The van der Waals surface area contributed by atoms with Crippen LogP contribution in [0.5, 0.6) is 17.2 Å². The SMILES string of the molecule is CCOC(=O)C1=C(C)NC(=S)N[C@H]1c1ccccc1OCC(=O)NN=Cc1cc(Br)cc(OC)c1OCc1cccc(Cl)c1. The molecule has 10 nitrogen and oxygen atoms in total. The molecule has 3 aromatic rings. The minimum absolute atomic E-state index is 0.216. The maximum atomic E-state index is 12.8. The highest BCUT2D eigenvalue weighted by Gasteiger charge is 2.32. The summed E-state index contributed by atoms with van der Waals surface area (Å²) in [5.41, 5.74) is 5.45. The Bertz CT molecular complexity index is 1620. The number of carbonyl (C=O) groups is 2. The largest absolute Gasteiger partial charge is 0.493 e. The highest BCUT2D eigenvalue weighted by Crippen LogP contribution is 2.35. The van der Waals surface area contributed by atoms with E-state index in [2.05, 4.69) is 37.1 Å². The van der Waals surface area contributed by atoms with E-state index in [0.717, 1.165) is 10.0 Å². The van der Waals surface area contributed by atoms with Gasteiger partial charge in [0.15, 0.2) is 23.2 Å². The van der Waals surface area contributed by atoms with E-state index in [0.29, 0.717) is 49.8 Å². The molecule has 0 spiro atoms. The van der Waals surface area contributed by atoms with Crippen LogP contribution in [0.3, 0.4) is 0 Å². The summed E-state index contributed by atoms with van der Waals surface area (Å²) >= 11 is 14.9. The van der Waals surface area contributed by atoms with E-state index >= 15 is 0 Å². The van der Waals surface area contributed by atoms with Gasteiger partial charge in [0.1, 0.15) is 12.4 Å². The number of esters is 1. The molecule has 1 aliphatic heterocycles. The Balaban J connectivity index is 1.45. The highest BCUT2D eigenvalue weighted by atomic mass is 79.9. The molecule has 0 saturated heterocycles. The summed E-state index contributed by atoms with van der Waals surface area (Å²) in [6.45, 7) is 3.59. The number of ether oxygens (including phenoxy) is 4. The van der Waals surface area contributed by atoms with Gasteiger partial charge in [-0.2, -0.15) is 5.10 Å². The lowest BCUT2D eigenvalue weighted by molar-refractivity contribution is -0.139. The monoisotopic (exact) mass is 700 g/mol. The molecule has 0 unspecified atom stereocenters. The number of benzene rings is 3. The molecule has 0 radical (unpaired) electrons. The summed E-state index contributed by atoms with van der Waals surface area (Å²) in [6.07, 6.45) is 1.45. The minimum Gasteiger partial charge on any atom is -0.493 e. The van der Waals surface area contributed by atoms with Crippen molar-refractivity contribution in [2.24, 2.45) is 5.10 Å². The third-order valence-corrected chi connectivity index (χ3v) is 7.20. The van der Waals surface area contributed by atoms with Crippen LogP contribution in [0.25, 0.3) is 0 Å². The number of hydrogen-bond donors (Lipinski definition) is 3. The first kappa shape index (κ1) is 32.8. The van der Waals surface area contributed by atoms with Gasteiger partial charge in [-0.15, -0.1) is 0 Å². The molecule has 3 aromatic carbocycles. The number of nitrogens with zero attached hydrogens (tertiary/aromatic N) is 1. The number of para-hydroxylation sites is 1. The van der Waals surface area contributed by atoms with E-state index in [1.807, 2.05) is 18.2 Å². The van der Waals surface area contributed by atoms with Gasteiger partial charge in [0, 0.05) is 26.3 Å². The first-order chi connectivity index (χ1) is 21.2. The minimum atomic E-state index is -0.642. The second kappa shape index (κ2) is 15.6. The second-order valence-electron chi connectivity index (χ2n) is 9.36. The van der Waals surface area contributed by atoms with Gasteiger partial charge in [-0.25, -0.2) is 10.2 Å². The average molecular weight is 702 g/mol. The number of carbonyl (C=O) groups excluding carboxylic acids is 2. The Morgan fingerprint density at radius 1 is 1.11 bits per heavy atom. The van der Waals surface area contributed by atoms with Crippen LogP contribution in [0.1, 0.15) is 36.6 Å². The average Bonchev–Trinajstić information content (AvgIpc) is 2.99. The fourth-order valence-corrected chi connectivity index (χ4v) is 5.32. The van der Waals surface area contributed by atoms with E-state index < -0.39 is 17.9 Å². The lowest BCUT2D eigenvalue weighted by atomic mass is 9.95. The first-order valence-corrected chi connectivity index (χ1v) is 15.0. The van der Waals surface area contributed by atoms with Crippen molar-refractivity contribution in [1.82, 2.24) is 16.1 Å². The van der Waals surface area contributed by atoms with Crippen LogP contribution < -0.4 is 30.3 Å². The van der Waals surface area contributed by atoms with Gasteiger partial charge in [0.25, 0.3) is 5.91 Å². The van der Waals surface area contributed by atoms with Crippen molar-refractivity contribution < 1.29 is 28.5 Å². The third-order valence-electron chi connectivity index (χ3n) is 6.29. The summed E-state index contributed by atoms with van der Waals surface area (Å²) in [5.74, 6) is 0.306. The summed E-state index contributed by atoms with van der Waals surface area (Å²) < 4.78 is 23.4. The van der Waals surface area contributed by atoms with E-state index in [4.69, 9.17) is 42.8 Å². The molecule has 0 aliphatic carbocycles. The van der Waals surface area contributed by atoms with Gasteiger partial charge in [-0.05, 0) is 62.0 Å². The van der Waals surface area contributed by atoms with Crippen LogP contribution in [0.2, 0.25) is 5.02 Å². The number of halogens is 2. The summed E-state index contributed by atoms with van der Waals surface area (Å²) in [6, 6.07) is 17.3.